The highest BCUT2D eigenvalue weighted by molar-refractivity contribution is 6.99. The summed E-state index contributed by atoms with van der Waals surface area (Å²) in [6.07, 6.45) is 4.42. The molecular formula is C10H16N6S. The molecule has 92 valence electrons. The predicted molar refractivity (Wildman–Crippen MR) is 66.3 cm³/mol. The smallest absolute Gasteiger partial charge is 0.0929 e. The molecule has 0 fully saturated rings. The van der Waals surface area contributed by atoms with Crippen LogP contribution in [0.5, 0.6) is 0 Å². The van der Waals surface area contributed by atoms with Crippen molar-refractivity contribution in [3.8, 4) is 0 Å². The number of nitrogens with two attached hydrogens (primary N) is 1. The van der Waals surface area contributed by atoms with Gasteiger partial charge in [-0.15, -0.1) is 0 Å². The molecule has 7 heteroatoms. The van der Waals surface area contributed by atoms with Gasteiger partial charge in [-0.3, -0.25) is 16.0 Å². The zero-order valence-electron chi connectivity index (χ0n) is 9.87. The van der Waals surface area contributed by atoms with E-state index in [1.54, 1.807) is 6.20 Å². The first-order chi connectivity index (χ1) is 8.20. The van der Waals surface area contributed by atoms with Crippen LogP contribution in [-0.4, -0.2) is 18.5 Å². The van der Waals surface area contributed by atoms with Crippen molar-refractivity contribution in [1.29, 1.82) is 0 Å². The molecule has 0 aliphatic rings. The molecule has 0 saturated carbocycles. The molecule has 0 bridgehead atoms. The van der Waals surface area contributed by atoms with Gasteiger partial charge in [0, 0.05) is 18.7 Å². The first kappa shape index (κ1) is 12.2. The molecule has 0 saturated heterocycles. The quantitative estimate of drug-likeness (QED) is 0.614. The Hall–Kier alpha value is -1.31. The molecule has 0 aliphatic carbocycles. The lowest BCUT2D eigenvalue weighted by atomic mass is 10.1. The Labute approximate surface area is 104 Å². The molecule has 0 radical (unpaired) electrons. The van der Waals surface area contributed by atoms with Crippen molar-refractivity contribution in [2.24, 2.45) is 5.84 Å². The summed E-state index contributed by atoms with van der Waals surface area (Å²) < 4.78 is 10.1. The van der Waals surface area contributed by atoms with E-state index in [2.05, 4.69) is 33.1 Å². The number of nitrogens with zero attached hydrogens (tertiary/aromatic N) is 4. The maximum absolute atomic E-state index is 5.53. The molecule has 3 N–H and O–H groups in total. The van der Waals surface area contributed by atoms with E-state index >= 15 is 0 Å². The molecule has 2 aromatic rings. The molecule has 0 aliphatic heterocycles. The van der Waals surface area contributed by atoms with Gasteiger partial charge in [0.25, 0.3) is 0 Å². The normalized spacial score (nSPS) is 13.2. The van der Waals surface area contributed by atoms with Gasteiger partial charge in [0.05, 0.1) is 35.4 Å². The third kappa shape index (κ3) is 2.87. The lowest BCUT2D eigenvalue weighted by Crippen LogP contribution is -2.30. The Morgan fingerprint density at radius 2 is 2.35 bits per heavy atom. The lowest BCUT2D eigenvalue weighted by Gasteiger charge is -2.11. The van der Waals surface area contributed by atoms with Crippen molar-refractivity contribution in [2.75, 3.05) is 0 Å². The first-order valence-corrected chi connectivity index (χ1v) is 6.21. The van der Waals surface area contributed by atoms with Crippen molar-refractivity contribution in [3.05, 3.63) is 29.8 Å². The minimum absolute atomic E-state index is 0.0377. The van der Waals surface area contributed by atoms with Crippen LogP contribution in [0, 0.1) is 0 Å². The Bertz CT molecular complexity index is 449. The molecule has 1 atom stereocenters. The zero-order chi connectivity index (χ0) is 12.3. The molecule has 2 heterocycles. The summed E-state index contributed by atoms with van der Waals surface area (Å²) in [7, 11) is 0. The van der Waals surface area contributed by atoms with Gasteiger partial charge >= 0.3 is 0 Å². The van der Waals surface area contributed by atoms with Gasteiger partial charge in [0.1, 0.15) is 0 Å². The van der Waals surface area contributed by atoms with Crippen molar-refractivity contribution in [1.82, 2.24) is 24.0 Å². The molecule has 6 nitrogen and oxygen atoms in total. The summed E-state index contributed by atoms with van der Waals surface area (Å²) in [5.74, 6) is 5.53. The van der Waals surface area contributed by atoms with Crippen LogP contribution in [0.25, 0.3) is 0 Å². The second kappa shape index (κ2) is 5.35. The monoisotopic (exact) mass is 252 g/mol. The van der Waals surface area contributed by atoms with Crippen molar-refractivity contribution >= 4 is 11.7 Å². The summed E-state index contributed by atoms with van der Waals surface area (Å²) in [6.45, 7) is 4.19. The fourth-order valence-corrected chi connectivity index (χ4v) is 2.03. The highest BCUT2D eigenvalue weighted by atomic mass is 32.1. The van der Waals surface area contributed by atoms with E-state index in [-0.39, 0.29) is 6.04 Å². The van der Waals surface area contributed by atoms with Gasteiger partial charge in [-0.05, 0) is 19.9 Å². The number of hydrogen-bond donors (Lipinski definition) is 2. The van der Waals surface area contributed by atoms with E-state index in [1.807, 2.05) is 16.9 Å². The van der Waals surface area contributed by atoms with E-state index in [0.717, 1.165) is 11.4 Å². The summed E-state index contributed by atoms with van der Waals surface area (Å²) in [5.41, 5.74) is 4.60. The number of hydrazine groups is 1. The standard InChI is InChI=1S/C10H16N6S/c1-7(2)16-4-3-8(14-16)5-9(13-11)10-6-12-17-15-10/h3-4,6-7,9,13H,5,11H2,1-2H3. The van der Waals surface area contributed by atoms with Crippen LogP contribution in [0.15, 0.2) is 18.5 Å². The molecule has 1 unspecified atom stereocenters. The maximum Gasteiger partial charge on any atom is 0.0929 e. The maximum atomic E-state index is 5.53. The van der Waals surface area contributed by atoms with Crippen LogP contribution >= 0.6 is 11.7 Å². The largest absolute Gasteiger partial charge is 0.271 e. The Kier molecular flexibility index (Phi) is 3.82. The van der Waals surface area contributed by atoms with Gasteiger partial charge in [-0.2, -0.15) is 13.8 Å². The van der Waals surface area contributed by atoms with Crippen LogP contribution in [0.4, 0.5) is 0 Å². The van der Waals surface area contributed by atoms with E-state index in [1.165, 1.54) is 11.7 Å². The van der Waals surface area contributed by atoms with Crippen molar-refractivity contribution in [3.63, 3.8) is 0 Å². The Morgan fingerprint density at radius 3 is 2.88 bits per heavy atom. The number of rotatable bonds is 5. The zero-order valence-corrected chi connectivity index (χ0v) is 10.7. The van der Waals surface area contributed by atoms with E-state index in [4.69, 9.17) is 5.84 Å². The Balaban J connectivity index is 2.08. The van der Waals surface area contributed by atoms with Crippen LogP contribution in [0.3, 0.4) is 0 Å². The Morgan fingerprint density at radius 1 is 1.53 bits per heavy atom. The minimum Gasteiger partial charge on any atom is -0.271 e. The van der Waals surface area contributed by atoms with E-state index in [0.29, 0.717) is 12.5 Å². The fraction of sp³-hybridized carbons (Fsp3) is 0.500. The molecule has 0 amide bonds. The van der Waals surface area contributed by atoms with Crippen molar-refractivity contribution < 1.29 is 0 Å². The number of aromatic nitrogens is 4. The highest BCUT2D eigenvalue weighted by Crippen LogP contribution is 2.15. The highest BCUT2D eigenvalue weighted by Gasteiger charge is 2.15. The summed E-state index contributed by atoms with van der Waals surface area (Å²) >= 11 is 1.18. The molecule has 17 heavy (non-hydrogen) atoms. The SMILES string of the molecule is CC(C)n1ccc(CC(NN)c2cnsn2)n1. The summed E-state index contributed by atoms with van der Waals surface area (Å²) in [5, 5.41) is 4.48. The number of hydrogen-bond acceptors (Lipinski definition) is 6. The van der Waals surface area contributed by atoms with Gasteiger partial charge in [-0.1, -0.05) is 0 Å². The molecule has 2 rings (SSSR count). The molecule has 2 aromatic heterocycles. The molecule has 0 spiro atoms. The number of nitrogens with one attached hydrogen (secondary N) is 1. The third-order valence-corrected chi connectivity index (χ3v) is 3.03. The fourth-order valence-electron chi connectivity index (χ4n) is 1.56. The first-order valence-electron chi connectivity index (χ1n) is 5.48. The van der Waals surface area contributed by atoms with Crippen LogP contribution in [0.2, 0.25) is 0 Å². The average molecular weight is 252 g/mol. The van der Waals surface area contributed by atoms with Gasteiger partial charge < -0.3 is 0 Å². The van der Waals surface area contributed by atoms with E-state index < -0.39 is 0 Å². The topological polar surface area (TPSA) is 81.7 Å². The van der Waals surface area contributed by atoms with Crippen LogP contribution in [0.1, 0.15) is 37.3 Å². The van der Waals surface area contributed by atoms with Gasteiger partial charge in [0.15, 0.2) is 0 Å². The third-order valence-electron chi connectivity index (χ3n) is 2.54. The van der Waals surface area contributed by atoms with Crippen molar-refractivity contribution in [2.45, 2.75) is 32.4 Å². The predicted octanol–water partition coefficient (Wildman–Crippen LogP) is 1.06. The van der Waals surface area contributed by atoms with Crippen LogP contribution < -0.4 is 11.3 Å². The summed E-state index contributed by atoms with van der Waals surface area (Å²) in [6, 6.07) is 2.34. The van der Waals surface area contributed by atoms with E-state index in [9.17, 15) is 0 Å². The second-order valence-electron chi connectivity index (χ2n) is 4.14. The lowest BCUT2D eigenvalue weighted by molar-refractivity contribution is 0.503. The van der Waals surface area contributed by atoms with Gasteiger partial charge in [-0.25, -0.2) is 0 Å². The minimum atomic E-state index is -0.0377. The second-order valence-corrected chi connectivity index (χ2v) is 4.69. The van der Waals surface area contributed by atoms with Crippen LogP contribution in [-0.2, 0) is 6.42 Å². The van der Waals surface area contributed by atoms with Gasteiger partial charge in [0.2, 0.25) is 0 Å². The molecular weight excluding hydrogens is 236 g/mol. The molecule has 0 aromatic carbocycles. The average Bonchev–Trinajstić information content (AvgIpc) is 2.96. The summed E-state index contributed by atoms with van der Waals surface area (Å²) in [4.78, 5) is 0.